The zero-order valence-corrected chi connectivity index (χ0v) is 14.5. The summed E-state index contributed by atoms with van der Waals surface area (Å²) in [6, 6.07) is 5.95. The summed E-state index contributed by atoms with van der Waals surface area (Å²) in [6.07, 6.45) is 4.90. The number of amides is 1. The van der Waals surface area contributed by atoms with E-state index in [0.29, 0.717) is 13.1 Å². The van der Waals surface area contributed by atoms with Gasteiger partial charge in [-0.3, -0.25) is 4.79 Å². The third kappa shape index (κ3) is 3.58. The van der Waals surface area contributed by atoms with Crippen LogP contribution < -0.4 is 4.74 Å². The lowest BCUT2D eigenvalue weighted by molar-refractivity contribution is -0.136. The SMILES string of the molecule is Cc1ccc(C)c(OC2CCN(C(=O)[C@H](C)n3cncn3)CC2)c1. The highest BCUT2D eigenvalue weighted by molar-refractivity contribution is 5.80. The molecule has 2 aromatic rings. The molecule has 0 saturated carbocycles. The average Bonchev–Trinajstić information content (AvgIpc) is 3.12. The zero-order chi connectivity index (χ0) is 17.1. The van der Waals surface area contributed by atoms with E-state index in [4.69, 9.17) is 4.74 Å². The molecular formula is C18H24N4O2. The minimum atomic E-state index is -0.316. The summed E-state index contributed by atoms with van der Waals surface area (Å²) < 4.78 is 7.76. The van der Waals surface area contributed by atoms with Crippen LogP contribution in [0.2, 0.25) is 0 Å². The van der Waals surface area contributed by atoms with Crippen LogP contribution in [0.4, 0.5) is 0 Å². The number of nitrogens with zero attached hydrogens (tertiary/aromatic N) is 4. The molecule has 1 atom stereocenters. The van der Waals surface area contributed by atoms with E-state index in [-0.39, 0.29) is 18.1 Å². The fourth-order valence-corrected chi connectivity index (χ4v) is 3.00. The molecule has 1 saturated heterocycles. The summed E-state index contributed by atoms with van der Waals surface area (Å²) >= 11 is 0. The molecule has 1 fully saturated rings. The fraction of sp³-hybridized carbons (Fsp3) is 0.500. The smallest absolute Gasteiger partial charge is 0.247 e. The Morgan fingerprint density at radius 2 is 2.04 bits per heavy atom. The zero-order valence-electron chi connectivity index (χ0n) is 14.5. The molecule has 0 radical (unpaired) electrons. The Kier molecular flexibility index (Phi) is 4.83. The Balaban J connectivity index is 1.56. The third-order valence-electron chi connectivity index (χ3n) is 4.58. The molecule has 0 spiro atoms. The molecule has 1 amide bonds. The fourth-order valence-electron chi connectivity index (χ4n) is 3.00. The number of carbonyl (C=O) groups excluding carboxylic acids is 1. The lowest BCUT2D eigenvalue weighted by Crippen LogP contribution is -2.44. The second-order valence-electron chi connectivity index (χ2n) is 6.46. The maximum absolute atomic E-state index is 12.6. The van der Waals surface area contributed by atoms with Crippen molar-refractivity contribution in [3.8, 4) is 5.75 Å². The van der Waals surface area contributed by atoms with Crippen molar-refractivity contribution in [1.29, 1.82) is 0 Å². The summed E-state index contributed by atoms with van der Waals surface area (Å²) in [7, 11) is 0. The Labute approximate surface area is 142 Å². The van der Waals surface area contributed by atoms with Gasteiger partial charge in [0, 0.05) is 25.9 Å². The monoisotopic (exact) mass is 328 g/mol. The van der Waals surface area contributed by atoms with Crippen LogP contribution >= 0.6 is 0 Å². The van der Waals surface area contributed by atoms with Gasteiger partial charge < -0.3 is 9.64 Å². The first-order valence-corrected chi connectivity index (χ1v) is 8.41. The van der Waals surface area contributed by atoms with Gasteiger partial charge in [-0.1, -0.05) is 12.1 Å². The van der Waals surface area contributed by atoms with Gasteiger partial charge in [0.05, 0.1) is 0 Å². The molecule has 0 N–H and O–H groups in total. The second kappa shape index (κ2) is 7.03. The normalized spacial score (nSPS) is 16.9. The maximum atomic E-state index is 12.6. The Bertz CT molecular complexity index is 691. The van der Waals surface area contributed by atoms with Gasteiger partial charge in [0.1, 0.15) is 30.5 Å². The van der Waals surface area contributed by atoms with Crippen LogP contribution in [0, 0.1) is 13.8 Å². The minimum Gasteiger partial charge on any atom is -0.490 e. The van der Waals surface area contributed by atoms with Gasteiger partial charge in [0.15, 0.2) is 0 Å². The molecule has 24 heavy (non-hydrogen) atoms. The molecule has 128 valence electrons. The van der Waals surface area contributed by atoms with E-state index in [1.807, 2.05) is 11.8 Å². The molecule has 1 aromatic heterocycles. The van der Waals surface area contributed by atoms with Crippen molar-refractivity contribution in [3.05, 3.63) is 42.0 Å². The molecule has 0 aliphatic carbocycles. The number of aromatic nitrogens is 3. The van der Waals surface area contributed by atoms with E-state index in [1.54, 1.807) is 11.0 Å². The topological polar surface area (TPSA) is 60.2 Å². The van der Waals surface area contributed by atoms with Crippen molar-refractivity contribution in [2.24, 2.45) is 0 Å². The first-order valence-electron chi connectivity index (χ1n) is 8.41. The van der Waals surface area contributed by atoms with E-state index in [9.17, 15) is 4.79 Å². The van der Waals surface area contributed by atoms with Crippen molar-refractivity contribution < 1.29 is 9.53 Å². The van der Waals surface area contributed by atoms with Gasteiger partial charge in [0.25, 0.3) is 0 Å². The van der Waals surface area contributed by atoms with E-state index < -0.39 is 0 Å². The van der Waals surface area contributed by atoms with Crippen LogP contribution in [0.5, 0.6) is 5.75 Å². The number of ether oxygens (including phenoxy) is 1. The first kappa shape index (κ1) is 16.5. The quantitative estimate of drug-likeness (QED) is 0.865. The van der Waals surface area contributed by atoms with Crippen LogP contribution in [0.15, 0.2) is 30.9 Å². The largest absolute Gasteiger partial charge is 0.490 e. The van der Waals surface area contributed by atoms with Crippen molar-refractivity contribution in [2.45, 2.75) is 45.8 Å². The van der Waals surface area contributed by atoms with E-state index in [2.05, 4.69) is 42.1 Å². The summed E-state index contributed by atoms with van der Waals surface area (Å²) in [4.78, 5) is 18.4. The molecule has 0 bridgehead atoms. The third-order valence-corrected chi connectivity index (χ3v) is 4.58. The number of carbonyl (C=O) groups is 1. The van der Waals surface area contributed by atoms with Crippen LogP contribution in [-0.4, -0.2) is 44.8 Å². The van der Waals surface area contributed by atoms with Gasteiger partial charge in [-0.15, -0.1) is 0 Å². The Morgan fingerprint density at radius 3 is 2.71 bits per heavy atom. The van der Waals surface area contributed by atoms with Gasteiger partial charge in [-0.05, 0) is 38.0 Å². The predicted octanol–water partition coefficient (Wildman–Crippen LogP) is 2.53. The highest BCUT2D eigenvalue weighted by atomic mass is 16.5. The van der Waals surface area contributed by atoms with Crippen molar-refractivity contribution in [1.82, 2.24) is 19.7 Å². The van der Waals surface area contributed by atoms with Gasteiger partial charge in [-0.2, -0.15) is 5.10 Å². The highest BCUT2D eigenvalue weighted by Gasteiger charge is 2.28. The molecule has 3 rings (SSSR count). The molecule has 0 unspecified atom stereocenters. The molecule has 6 nitrogen and oxygen atoms in total. The number of aryl methyl sites for hydroxylation is 2. The lowest BCUT2D eigenvalue weighted by atomic mass is 10.1. The number of rotatable bonds is 4. The first-order chi connectivity index (χ1) is 11.5. The van der Waals surface area contributed by atoms with Gasteiger partial charge >= 0.3 is 0 Å². The van der Waals surface area contributed by atoms with Crippen molar-refractivity contribution in [2.75, 3.05) is 13.1 Å². The number of hydrogen-bond donors (Lipinski definition) is 0. The molecule has 2 heterocycles. The second-order valence-corrected chi connectivity index (χ2v) is 6.46. The number of hydrogen-bond acceptors (Lipinski definition) is 4. The summed E-state index contributed by atoms with van der Waals surface area (Å²) in [5.41, 5.74) is 2.35. The Hall–Kier alpha value is -2.37. The number of piperidine rings is 1. The van der Waals surface area contributed by atoms with Crippen LogP contribution in [0.1, 0.15) is 36.9 Å². The van der Waals surface area contributed by atoms with E-state index in [1.165, 1.54) is 11.9 Å². The molecule has 1 aromatic carbocycles. The average molecular weight is 328 g/mol. The summed E-state index contributed by atoms with van der Waals surface area (Å²) in [5, 5.41) is 4.05. The van der Waals surface area contributed by atoms with Crippen LogP contribution in [0.3, 0.4) is 0 Å². The predicted molar refractivity (Wildman–Crippen MR) is 90.9 cm³/mol. The Morgan fingerprint density at radius 1 is 1.29 bits per heavy atom. The molecule has 1 aliphatic rings. The van der Waals surface area contributed by atoms with Gasteiger partial charge in [-0.25, -0.2) is 9.67 Å². The number of benzene rings is 1. The van der Waals surface area contributed by atoms with E-state index in [0.717, 1.165) is 24.2 Å². The number of likely N-dealkylation sites (tertiary alicyclic amines) is 1. The summed E-state index contributed by atoms with van der Waals surface area (Å²) in [5.74, 6) is 1.04. The van der Waals surface area contributed by atoms with Crippen LogP contribution in [-0.2, 0) is 4.79 Å². The lowest BCUT2D eigenvalue weighted by Gasteiger charge is -2.33. The highest BCUT2D eigenvalue weighted by Crippen LogP contribution is 2.24. The minimum absolute atomic E-state index is 0.0886. The van der Waals surface area contributed by atoms with Gasteiger partial charge in [0.2, 0.25) is 5.91 Å². The standard InChI is InChI=1S/C18H24N4O2/c1-13-4-5-14(2)17(10-13)24-16-6-8-21(9-7-16)18(23)15(3)22-12-19-11-20-22/h4-5,10-12,15-16H,6-9H2,1-3H3/t15-/m0/s1. The van der Waals surface area contributed by atoms with Crippen LogP contribution in [0.25, 0.3) is 0 Å². The van der Waals surface area contributed by atoms with E-state index >= 15 is 0 Å². The van der Waals surface area contributed by atoms with Crippen molar-refractivity contribution >= 4 is 5.91 Å². The molecule has 6 heteroatoms. The molecule has 1 aliphatic heterocycles. The van der Waals surface area contributed by atoms with Crippen molar-refractivity contribution in [3.63, 3.8) is 0 Å². The maximum Gasteiger partial charge on any atom is 0.247 e. The molecular weight excluding hydrogens is 304 g/mol. The summed E-state index contributed by atoms with van der Waals surface area (Å²) in [6.45, 7) is 7.42.